The highest BCUT2D eigenvalue weighted by atomic mass is 32.1. The molecule has 10 heteroatoms. The molecule has 0 spiro atoms. The largest absolute Gasteiger partial charge is 0.384 e. The Morgan fingerprint density at radius 2 is 2.00 bits per heavy atom. The summed E-state index contributed by atoms with van der Waals surface area (Å²) in [5.74, 6) is -0.825. The molecule has 0 radical (unpaired) electrons. The molecule has 136 valence electrons. The van der Waals surface area contributed by atoms with Gasteiger partial charge in [-0.3, -0.25) is 28.1 Å². The van der Waals surface area contributed by atoms with Gasteiger partial charge in [-0.2, -0.15) is 0 Å². The molecule has 3 heterocycles. The number of thiophene rings is 1. The second kappa shape index (κ2) is 6.71. The minimum atomic E-state index is -0.775. The first-order chi connectivity index (χ1) is 12.4. The number of fused-ring (bicyclic) bond motifs is 1. The SMILES string of the molecule is CCCn1c(N)c(C(=O)Cn2cnc3sccc3c2=O)c(=O)n(C)c1=O. The number of ketones is 1. The molecule has 3 rings (SSSR count). The molecule has 0 aliphatic heterocycles. The average Bonchev–Trinajstić information content (AvgIpc) is 3.09. The van der Waals surface area contributed by atoms with Crippen LogP contribution in [0.1, 0.15) is 23.7 Å². The van der Waals surface area contributed by atoms with Gasteiger partial charge in [-0.1, -0.05) is 6.92 Å². The monoisotopic (exact) mass is 375 g/mol. The molecule has 0 aliphatic carbocycles. The van der Waals surface area contributed by atoms with Gasteiger partial charge < -0.3 is 5.73 Å². The van der Waals surface area contributed by atoms with Gasteiger partial charge in [0, 0.05) is 13.6 Å². The molecule has 0 aromatic carbocycles. The van der Waals surface area contributed by atoms with E-state index in [0.717, 1.165) is 9.13 Å². The summed E-state index contributed by atoms with van der Waals surface area (Å²) >= 11 is 1.32. The number of nitrogens with zero attached hydrogens (tertiary/aromatic N) is 4. The lowest BCUT2D eigenvalue weighted by Crippen LogP contribution is -2.43. The highest BCUT2D eigenvalue weighted by Gasteiger charge is 2.22. The van der Waals surface area contributed by atoms with Crippen LogP contribution in [0.4, 0.5) is 5.82 Å². The molecule has 0 bridgehead atoms. The Morgan fingerprint density at radius 1 is 1.27 bits per heavy atom. The maximum Gasteiger partial charge on any atom is 0.332 e. The van der Waals surface area contributed by atoms with Crippen molar-refractivity contribution in [3.05, 3.63) is 54.5 Å². The molecule has 0 atom stereocenters. The number of nitrogens with two attached hydrogens (primary N) is 1. The predicted molar refractivity (Wildman–Crippen MR) is 98.9 cm³/mol. The molecule has 9 nitrogen and oxygen atoms in total. The van der Waals surface area contributed by atoms with Crippen LogP contribution in [0.5, 0.6) is 0 Å². The molecule has 0 fully saturated rings. The van der Waals surface area contributed by atoms with E-state index in [4.69, 9.17) is 5.73 Å². The first-order valence-electron chi connectivity index (χ1n) is 7.92. The number of carbonyl (C=O) groups excluding carboxylic acids is 1. The second-order valence-electron chi connectivity index (χ2n) is 5.80. The molecule has 0 saturated carbocycles. The summed E-state index contributed by atoms with van der Waals surface area (Å²) in [6.45, 7) is 1.74. The van der Waals surface area contributed by atoms with Crippen LogP contribution in [-0.4, -0.2) is 24.5 Å². The fraction of sp³-hybridized carbons (Fsp3) is 0.312. The van der Waals surface area contributed by atoms with E-state index in [1.54, 1.807) is 11.4 Å². The van der Waals surface area contributed by atoms with Crippen molar-refractivity contribution in [3.8, 4) is 0 Å². The maximum absolute atomic E-state index is 12.7. The number of hydrogen-bond acceptors (Lipinski definition) is 7. The van der Waals surface area contributed by atoms with E-state index in [9.17, 15) is 19.2 Å². The fourth-order valence-electron chi connectivity index (χ4n) is 2.72. The number of anilines is 1. The van der Waals surface area contributed by atoms with E-state index in [2.05, 4.69) is 4.98 Å². The van der Waals surface area contributed by atoms with Crippen LogP contribution in [0.15, 0.2) is 32.2 Å². The maximum atomic E-state index is 12.7. The van der Waals surface area contributed by atoms with Crippen molar-refractivity contribution in [1.82, 2.24) is 18.7 Å². The summed E-state index contributed by atoms with van der Waals surface area (Å²) in [5, 5.41) is 2.14. The lowest BCUT2D eigenvalue weighted by Gasteiger charge is -2.14. The number of rotatable bonds is 5. The zero-order valence-electron chi connectivity index (χ0n) is 14.3. The van der Waals surface area contributed by atoms with Gasteiger partial charge in [-0.05, 0) is 17.9 Å². The van der Waals surface area contributed by atoms with Gasteiger partial charge >= 0.3 is 5.69 Å². The Balaban J connectivity index is 2.10. The average molecular weight is 375 g/mol. The zero-order chi connectivity index (χ0) is 19.0. The Morgan fingerprint density at radius 3 is 2.69 bits per heavy atom. The summed E-state index contributed by atoms with van der Waals surface area (Å²) in [4.78, 5) is 54.4. The van der Waals surface area contributed by atoms with Crippen molar-refractivity contribution in [3.63, 3.8) is 0 Å². The van der Waals surface area contributed by atoms with Crippen LogP contribution in [0.3, 0.4) is 0 Å². The molecule has 0 aliphatic rings. The van der Waals surface area contributed by atoms with Crippen molar-refractivity contribution in [2.24, 2.45) is 7.05 Å². The Labute approximate surface area is 150 Å². The second-order valence-corrected chi connectivity index (χ2v) is 6.69. The third-order valence-electron chi connectivity index (χ3n) is 4.07. The lowest BCUT2D eigenvalue weighted by atomic mass is 10.2. The quantitative estimate of drug-likeness (QED) is 0.636. The van der Waals surface area contributed by atoms with E-state index >= 15 is 0 Å². The van der Waals surface area contributed by atoms with Gasteiger partial charge in [0.05, 0.1) is 18.3 Å². The summed E-state index contributed by atoms with van der Waals surface area (Å²) in [6, 6.07) is 1.63. The van der Waals surface area contributed by atoms with Crippen molar-refractivity contribution in [1.29, 1.82) is 0 Å². The number of Topliss-reactive ketones (excluding diaryl/α,β-unsaturated/α-hetero) is 1. The third kappa shape index (κ3) is 2.77. The highest BCUT2D eigenvalue weighted by molar-refractivity contribution is 7.16. The third-order valence-corrected chi connectivity index (χ3v) is 4.89. The van der Waals surface area contributed by atoms with Gasteiger partial charge in [-0.15, -0.1) is 11.3 Å². The smallest absolute Gasteiger partial charge is 0.332 e. The first kappa shape index (κ1) is 17.8. The van der Waals surface area contributed by atoms with Gasteiger partial charge in [0.15, 0.2) is 5.78 Å². The van der Waals surface area contributed by atoms with E-state index in [1.807, 2.05) is 6.92 Å². The van der Waals surface area contributed by atoms with Crippen molar-refractivity contribution < 1.29 is 4.79 Å². The van der Waals surface area contributed by atoms with Gasteiger partial charge in [-0.25, -0.2) is 9.78 Å². The van der Waals surface area contributed by atoms with Crippen molar-refractivity contribution in [2.45, 2.75) is 26.4 Å². The summed E-state index contributed by atoms with van der Waals surface area (Å²) < 4.78 is 3.17. The fourth-order valence-corrected chi connectivity index (χ4v) is 3.45. The normalized spacial score (nSPS) is 11.2. The summed E-state index contributed by atoms with van der Waals surface area (Å²) in [5.41, 5.74) is 3.91. The molecule has 0 saturated heterocycles. The lowest BCUT2D eigenvalue weighted by molar-refractivity contribution is 0.0968. The van der Waals surface area contributed by atoms with Crippen molar-refractivity contribution in [2.75, 3.05) is 5.73 Å². The summed E-state index contributed by atoms with van der Waals surface area (Å²) in [7, 11) is 1.29. The topological polar surface area (TPSA) is 122 Å². The number of carbonyl (C=O) groups is 1. The Bertz CT molecular complexity index is 1180. The Kier molecular flexibility index (Phi) is 4.60. The predicted octanol–water partition coefficient (Wildman–Crippen LogP) is 0.193. The minimum absolute atomic E-state index is 0.178. The molecule has 3 aromatic rings. The van der Waals surface area contributed by atoms with Crippen LogP contribution >= 0.6 is 11.3 Å². The molecule has 3 aromatic heterocycles. The molecule has 2 N–H and O–H groups in total. The number of hydrogen-bond donors (Lipinski definition) is 1. The standard InChI is InChI=1S/C16H17N5O4S/c1-3-5-21-12(17)11(15(24)19(2)16(21)25)10(22)7-20-8-18-13-9(14(20)23)4-6-26-13/h4,6,8H,3,5,7,17H2,1-2H3. The van der Waals surface area contributed by atoms with Gasteiger partial charge in [0.25, 0.3) is 11.1 Å². The number of nitrogen functional groups attached to an aromatic ring is 1. The van der Waals surface area contributed by atoms with E-state index < -0.39 is 17.0 Å². The van der Waals surface area contributed by atoms with Gasteiger partial charge in [0.1, 0.15) is 16.2 Å². The molecule has 0 unspecified atom stereocenters. The van der Waals surface area contributed by atoms with Crippen LogP contribution in [-0.2, 0) is 20.1 Å². The van der Waals surface area contributed by atoms with E-state index in [1.165, 1.54) is 29.3 Å². The van der Waals surface area contributed by atoms with Gasteiger partial charge in [0.2, 0.25) is 0 Å². The van der Waals surface area contributed by atoms with E-state index in [-0.39, 0.29) is 30.0 Å². The molecule has 0 amide bonds. The van der Waals surface area contributed by atoms with Crippen LogP contribution in [0.25, 0.3) is 10.2 Å². The first-order valence-corrected chi connectivity index (χ1v) is 8.80. The molecular weight excluding hydrogens is 358 g/mol. The minimum Gasteiger partial charge on any atom is -0.384 e. The summed E-state index contributed by atoms with van der Waals surface area (Å²) in [6.07, 6.45) is 1.87. The van der Waals surface area contributed by atoms with Crippen LogP contribution in [0.2, 0.25) is 0 Å². The number of aromatic nitrogens is 4. The molecular formula is C16H17N5O4S. The zero-order valence-corrected chi connectivity index (χ0v) is 15.1. The van der Waals surface area contributed by atoms with Crippen LogP contribution < -0.4 is 22.5 Å². The highest BCUT2D eigenvalue weighted by Crippen LogP contribution is 2.14. The van der Waals surface area contributed by atoms with Crippen molar-refractivity contribution >= 4 is 33.2 Å². The Hall–Kier alpha value is -3.01. The van der Waals surface area contributed by atoms with Crippen LogP contribution in [0, 0.1) is 0 Å². The molecule has 26 heavy (non-hydrogen) atoms. The van der Waals surface area contributed by atoms with E-state index in [0.29, 0.717) is 16.6 Å².